The number of nitrogens with one attached hydrogen (secondary N) is 1. The number of carbonyl (C=O) groups is 2. The topological polar surface area (TPSA) is 85.1 Å². The Labute approximate surface area is 162 Å². The maximum atomic E-state index is 12.5. The molecule has 0 bridgehead atoms. The van der Waals surface area contributed by atoms with Gasteiger partial charge in [-0.2, -0.15) is 0 Å². The summed E-state index contributed by atoms with van der Waals surface area (Å²) in [7, 11) is 0. The Morgan fingerprint density at radius 2 is 1.57 bits per heavy atom. The average Bonchev–Trinajstić information content (AvgIpc) is 2.73. The molecule has 0 aliphatic heterocycles. The maximum absolute atomic E-state index is 12.5. The van der Waals surface area contributed by atoms with Gasteiger partial charge < -0.3 is 11.1 Å². The van der Waals surface area contributed by atoms with E-state index in [0.29, 0.717) is 12.0 Å². The molecular formula is C23H19N3O2. The highest BCUT2D eigenvalue weighted by Crippen LogP contribution is 2.29. The van der Waals surface area contributed by atoms with E-state index in [-0.39, 0.29) is 5.91 Å². The molecule has 4 rings (SSSR count). The van der Waals surface area contributed by atoms with Crippen LogP contribution >= 0.6 is 0 Å². The number of aromatic nitrogens is 1. The number of benzene rings is 3. The summed E-state index contributed by atoms with van der Waals surface area (Å²) in [5.41, 5.74) is 7.01. The third-order valence-electron chi connectivity index (χ3n) is 4.86. The van der Waals surface area contributed by atoms with Gasteiger partial charge in [0.25, 0.3) is 5.91 Å². The number of hydrogen-bond acceptors (Lipinski definition) is 3. The van der Waals surface area contributed by atoms with E-state index in [1.54, 1.807) is 18.3 Å². The van der Waals surface area contributed by atoms with Crippen LogP contribution in [0.1, 0.15) is 15.9 Å². The highest BCUT2D eigenvalue weighted by Gasteiger charge is 2.22. The van der Waals surface area contributed by atoms with Crippen LogP contribution in [-0.4, -0.2) is 22.8 Å². The highest BCUT2D eigenvalue weighted by molar-refractivity contribution is 6.03. The Morgan fingerprint density at radius 3 is 2.14 bits per heavy atom. The monoisotopic (exact) mass is 369 g/mol. The molecule has 0 fully saturated rings. The number of carbonyl (C=O) groups excluding carboxylic acids is 2. The van der Waals surface area contributed by atoms with E-state index in [9.17, 15) is 9.59 Å². The molecular weight excluding hydrogens is 350 g/mol. The second kappa shape index (κ2) is 7.48. The summed E-state index contributed by atoms with van der Waals surface area (Å²) < 4.78 is 0. The van der Waals surface area contributed by atoms with Crippen LogP contribution in [0.4, 0.5) is 0 Å². The minimum Gasteiger partial charge on any atom is -0.368 e. The second-order valence-electron chi connectivity index (χ2n) is 6.67. The maximum Gasteiger partial charge on any atom is 0.253 e. The van der Waals surface area contributed by atoms with Gasteiger partial charge in [0.1, 0.15) is 6.04 Å². The minimum absolute atomic E-state index is 0.309. The lowest BCUT2D eigenvalue weighted by Gasteiger charge is -2.18. The van der Waals surface area contributed by atoms with Crippen LogP contribution in [0.3, 0.4) is 0 Å². The molecule has 0 saturated heterocycles. The van der Waals surface area contributed by atoms with Crippen molar-refractivity contribution in [3.63, 3.8) is 0 Å². The van der Waals surface area contributed by atoms with E-state index < -0.39 is 11.9 Å². The SMILES string of the molecule is NC(=O)[C@H](Cc1c2ccccc2cc2ccccc12)NC(=O)c1cccnc1. The quantitative estimate of drug-likeness (QED) is 0.530. The molecule has 3 aromatic carbocycles. The molecule has 0 spiro atoms. The van der Waals surface area contributed by atoms with Crippen LogP contribution in [0.25, 0.3) is 21.5 Å². The molecule has 4 aromatic rings. The fourth-order valence-electron chi connectivity index (χ4n) is 3.49. The number of primary amides is 1. The van der Waals surface area contributed by atoms with Crippen molar-refractivity contribution in [2.75, 3.05) is 0 Å². The predicted octanol–water partition coefficient (Wildman–Crippen LogP) is 3.21. The van der Waals surface area contributed by atoms with Crippen LogP contribution in [0.5, 0.6) is 0 Å². The molecule has 1 heterocycles. The van der Waals surface area contributed by atoms with Gasteiger partial charge >= 0.3 is 0 Å². The molecule has 0 saturated carbocycles. The van der Waals surface area contributed by atoms with E-state index in [1.807, 2.05) is 48.5 Å². The Hall–Kier alpha value is -3.73. The molecule has 0 radical (unpaired) electrons. The number of nitrogens with zero attached hydrogens (tertiary/aromatic N) is 1. The van der Waals surface area contributed by atoms with Gasteiger partial charge in [0.15, 0.2) is 0 Å². The third kappa shape index (κ3) is 3.42. The van der Waals surface area contributed by atoms with E-state index in [2.05, 4.69) is 16.4 Å². The normalized spacial score (nSPS) is 12.0. The Bertz CT molecular complexity index is 1120. The molecule has 0 aliphatic rings. The number of rotatable bonds is 5. The lowest BCUT2D eigenvalue weighted by Crippen LogP contribution is -2.45. The largest absolute Gasteiger partial charge is 0.368 e. The Balaban J connectivity index is 1.75. The first-order valence-electron chi connectivity index (χ1n) is 9.03. The summed E-state index contributed by atoms with van der Waals surface area (Å²) in [6, 6.07) is 20.6. The zero-order valence-corrected chi connectivity index (χ0v) is 15.1. The fraction of sp³-hybridized carbons (Fsp3) is 0.0870. The van der Waals surface area contributed by atoms with Gasteiger partial charge in [-0.3, -0.25) is 14.6 Å². The van der Waals surface area contributed by atoms with Gasteiger partial charge in [0.05, 0.1) is 5.56 Å². The molecule has 1 atom stereocenters. The Morgan fingerprint density at radius 1 is 0.929 bits per heavy atom. The van der Waals surface area contributed by atoms with Gasteiger partial charge in [-0.05, 0) is 45.3 Å². The van der Waals surface area contributed by atoms with Gasteiger partial charge in [0.2, 0.25) is 5.91 Å². The van der Waals surface area contributed by atoms with Crippen molar-refractivity contribution < 1.29 is 9.59 Å². The zero-order valence-electron chi connectivity index (χ0n) is 15.1. The number of hydrogen-bond donors (Lipinski definition) is 2. The van der Waals surface area contributed by atoms with Gasteiger partial charge in [-0.25, -0.2) is 0 Å². The first-order valence-corrected chi connectivity index (χ1v) is 9.03. The predicted molar refractivity (Wildman–Crippen MR) is 110 cm³/mol. The summed E-state index contributed by atoms with van der Waals surface area (Å²) in [6.07, 6.45) is 3.36. The van der Waals surface area contributed by atoms with Crippen molar-refractivity contribution in [2.45, 2.75) is 12.5 Å². The molecule has 3 N–H and O–H groups in total. The third-order valence-corrected chi connectivity index (χ3v) is 4.86. The van der Waals surface area contributed by atoms with Crippen molar-refractivity contribution >= 4 is 33.4 Å². The van der Waals surface area contributed by atoms with Crippen LogP contribution < -0.4 is 11.1 Å². The van der Waals surface area contributed by atoms with E-state index in [0.717, 1.165) is 27.1 Å². The summed E-state index contributed by atoms with van der Waals surface area (Å²) in [4.78, 5) is 28.6. The molecule has 138 valence electrons. The van der Waals surface area contributed by atoms with E-state index >= 15 is 0 Å². The van der Waals surface area contributed by atoms with Crippen LogP contribution in [0, 0.1) is 0 Å². The van der Waals surface area contributed by atoms with Crippen molar-refractivity contribution in [2.24, 2.45) is 5.73 Å². The minimum atomic E-state index is -0.832. The summed E-state index contributed by atoms with van der Waals surface area (Å²) in [5.74, 6) is -0.948. The molecule has 5 nitrogen and oxygen atoms in total. The lowest BCUT2D eigenvalue weighted by atomic mass is 9.92. The summed E-state index contributed by atoms with van der Waals surface area (Å²) in [5, 5.41) is 7.01. The standard InChI is InChI=1S/C23H19N3O2/c24-22(27)21(26-23(28)17-8-5-11-25-14-17)13-20-18-9-3-1-6-15(18)12-16-7-2-4-10-19(16)20/h1-12,14,21H,13H2,(H2,24,27)(H,26,28)/t21-/m0/s1. The van der Waals surface area contributed by atoms with Crippen molar-refractivity contribution in [3.05, 3.63) is 90.3 Å². The smallest absolute Gasteiger partial charge is 0.253 e. The van der Waals surface area contributed by atoms with Crippen LogP contribution in [-0.2, 0) is 11.2 Å². The second-order valence-corrected chi connectivity index (χ2v) is 6.67. The van der Waals surface area contributed by atoms with Gasteiger partial charge in [0, 0.05) is 18.8 Å². The van der Waals surface area contributed by atoms with E-state index in [1.165, 1.54) is 6.20 Å². The van der Waals surface area contributed by atoms with Crippen LogP contribution in [0.2, 0.25) is 0 Å². The van der Waals surface area contributed by atoms with Crippen molar-refractivity contribution in [1.29, 1.82) is 0 Å². The fourth-order valence-corrected chi connectivity index (χ4v) is 3.49. The molecule has 5 heteroatoms. The number of pyridine rings is 1. The number of nitrogens with two attached hydrogens (primary N) is 1. The number of fused-ring (bicyclic) bond motifs is 2. The molecule has 28 heavy (non-hydrogen) atoms. The van der Waals surface area contributed by atoms with Gasteiger partial charge in [-0.15, -0.1) is 0 Å². The zero-order chi connectivity index (χ0) is 19.5. The first-order chi connectivity index (χ1) is 13.6. The lowest BCUT2D eigenvalue weighted by molar-refractivity contribution is -0.119. The Kier molecular flexibility index (Phi) is 4.72. The van der Waals surface area contributed by atoms with Crippen molar-refractivity contribution in [3.8, 4) is 0 Å². The molecule has 0 aliphatic carbocycles. The number of amides is 2. The summed E-state index contributed by atoms with van der Waals surface area (Å²) >= 11 is 0. The molecule has 0 unspecified atom stereocenters. The van der Waals surface area contributed by atoms with E-state index in [4.69, 9.17) is 5.73 Å². The molecule has 2 amide bonds. The summed E-state index contributed by atoms with van der Waals surface area (Å²) in [6.45, 7) is 0. The first kappa shape index (κ1) is 17.7. The van der Waals surface area contributed by atoms with Crippen LogP contribution in [0.15, 0.2) is 79.1 Å². The highest BCUT2D eigenvalue weighted by atomic mass is 16.2. The molecule has 1 aromatic heterocycles. The van der Waals surface area contributed by atoms with Gasteiger partial charge in [-0.1, -0.05) is 48.5 Å². The average molecular weight is 369 g/mol. The van der Waals surface area contributed by atoms with Crippen molar-refractivity contribution in [1.82, 2.24) is 10.3 Å².